The van der Waals surface area contributed by atoms with E-state index in [0.29, 0.717) is 12.0 Å². The standard InChI is InChI=1S/C15H24N2O2/c1-11-6-12(8-16)9-17(11)10-13-7-14(18-2)4-5-15(13)19-3/h4-5,7,11-12H,6,8-10,16H2,1-3H3. The summed E-state index contributed by atoms with van der Waals surface area (Å²) in [7, 11) is 3.40. The van der Waals surface area contributed by atoms with Crippen LogP contribution in [0.15, 0.2) is 18.2 Å². The van der Waals surface area contributed by atoms with Crippen LogP contribution in [0.4, 0.5) is 0 Å². The average molecular weight is 264 g/mol. The highest BCUT2D eigenvalue weighted by molar-refractivity contribution is 5.40. The van der Waals surface area contributed by atoms with E-state index in [9.17, 15) is 0 Å². The molecule has 0 spiro atoms. The Morgan fingerprint density at radius 1 is 1.32 bits per heavy atom. The summed E-state index contributed by atoms with van der Waals surface area (Å²) >= 11 is 0. The maximum Gasteiger partial charge on any atom is 0.123 e. The van der Waals surface area contributed by atoms with E-state index < -0.39 is 0 Å². The molecule has 1 aromatic rings. The van der Waals surface area contributed by atoms with Gasteiger partial charge in [-0.05, 0) is 44.0 Å². The Morgan fingerprint density at radius 2 is 2.11 bits per heavy atom. The minimum Gasteiger partial charge on any atom is -0.497 e. The second kappa shape index (κ2) is 6.26. The lowest BCUT2D eigenvalue weighted by Crippen LogP contribution is -2.27. The Balaban J connectivity index is 2.13. The van der Waals surface area contributed by atoms with Gasteiger partial charge in [-0.2, -0.15) is 0 Å². The molecule has 0 radical (unpaired) electrons. The maximum atomic E-state index is 5.78. The number of rotatable bonds is 5. The van der Waals surface area contributed by atoms with Crippen molar-refractivity contribution in [3.63, 3.8) is 0 Å². The van der Waals surface area contributed by atoms with Gasteiger partial charge in [-0.15, -0.1) is 0 Å². The number of likely N-dealkylation sites (tertiary alicyclic amines) is 1. The molecule has 0 saturated carbocycles. The van der Waals surface area contributed by atoms with Gasteiger partial charge >= 0.3 is 0 Å². The Bertz CT molecular complexity index is 423. The zero-order valence-electron chi connectivity index (χ0n) is 12.1. The zero-order chi connectivity index (χ0) is 13.8. The summed E-state index contributed by atoms with van der Waals surface area (Å²) in [4.78, 5) is 2.47. The molecule has 2 N–H and O–H groups in total. The molecule has 1 aliphatic rings. The van der Waals surface area contributed by atoms with Crippen LogP contribution < -0.4 is 15.2 Å². The SMILES string of the molecule is COc1ccc(OC)c(CN2CC(CN)CC2C)c1. The fourth-order valence-electron chi connectivity index (χ4n) is 2.83. The largest absolute Gasteiger partial charge is 0.497 e. The van der Waals surface area contributed by atoms with Crippen molar-refractivity contribution in [2.75, 3.05) is 27.3 Å². The summed E-state index contributed by atoms with van der Waals surface area (Å²) in [6, 6.07) is 6.53. The van der Waals surface area contributed by atoms with Crippen molar-refractivity contribution in [1.29, 1.82) is 0 Å². The molecule has 1 aliphatic heterocycles. The van der Waals surface area contributed by atoms with Crippen LogP contribution in [-0.2, 0) is 6.54 Å². The Kier molecular flexibility index (Phi) is 4.66. The van der Waals surface area contributed by atoms with Crippen LogP contribution >= 0.6 is 0 Å². The first kappa shape index (κ1) is 14.2. The molecule has 106 valence electrons. The molecule has 0 bridgehead atoms. The van der Waals surface area contributed by atoms with Gasteiger partial charge in [0.15, 0.2) is 0 Å². The minimum absolute atomic E-state index is 0.574. The first-order chi connectivity index (χ1) is 9.17. The second-order valence-corrected chi connectivity index (χ2v) is 5.29. The monoisotopic (exact) mass is 264 g/mol. The highest BCUT2D eigenvalue weighted by Crippen LogP contribution is 2.29. The molecule has 1 heterocycles. The van der Waals surface area contributed by atoms with Gasteiger partial charge in [0, 0.05) is 24.7 Å². The molecular weight excluding hydrogens is 240 g/mol. The first-order valence-corrected chi connectivity index (χ1v) is 6.83. The molecule has 0 aromatic heterocycles. The van der Waals surface area contributed by atoms with Gasteiger partial charge in [-0.25, -0.2) is 0 Å². The summed E-state index contributed by atoms with van der Waals surface area (Å²) in [6.45, 7) is 4.99. The molecule has 2 rings (SSSR count). The van der Waals surface area contributed by atoms with Crippen molar-refractivity contribution in [2.45, 2.75) is 25.9 Å². The van der Waals surface area contributed by atoms with Crippen molar-refractivity contribution in [2.24, 2.45) is 11.7 Å². The van der Waals surface area contributed by atoms with E-state index in [4.69, 9.17) is 15.2 Å². The molecule has 2 atom stereocenters. The number of nitrogens with zero attached hydrogens (tertiary/aromatic N) is 1. The fourth-order valence-corrected chi connectivity index (χ4v) is 2.83. The Morgan fingerprint density at radius 3 is 2.68 bits per heavy atom. The number of benzene rings is 1. The zero-order valence-corrected chi connectivity index (χ0v) is 12.1. The number of nitrogens with two attached hydrogens (primary N) is 1. The van der Waals surface area contributed by atoms with E-state index in [2.05, 4.69) is 17.9 Å². The van der Waals surface area contributed by atoms with Gasteiger partial charge in [0.1, 0.15) is 11.5 Å². The lowest BCUT2D eigenvalue weighted by Gasteiger charge is -2.22. The number of hydrogen-bond donors (Lipinski definition) is 1. The predicted octanol–water partition coefficient (Wildman–Crippen LogP) is 1.87. The van der Waals surface area contributed by atoms with E-state index in [-0.39, 0.29) is 0 Å². The van der Waals surface area contributed by atoms with Gasteiger partial charge in [-0.3, -0.25) is 4.90 Å². The van der Waals surface area contributed by atoms with Crippen LogP contribution in [0.2, 0.25) is 0 Å². The highest BCUT2D eigenvalue weighted by atomic mass is 16.5. The summed E-state index contributed by atoms with van der Waals surface area (Å²) in [5.41, 5.74) is 6.95. The molecule has 19 heavy (non-hydrogen) atoms. The van der Waals surface area contributed by atoms with Gasteiger partial charge in [0.2, 0.25) is 0 Å². The van der Waals surface area contributed by atoms with Crippen LogP contribution in [-0.4, -0.2) is 38.3 Å². The van der Waals surface area contributed by atoms with Gasteiger partial charge < -0.3 is 15.2 Å². The summed E-state index contributed by atoms with van der Waals surface area (Å²) < 4.78 is 10.7. The van der Waals surface area contributed by atoms with Crippen molar-refractivity contribution in [3.05, 3.63) is 23.8 Å². The Labute approximate surface area is 115 Å². The molecule has 0 aliphatic carbocycles. The molecule has 2 unspecified atom stereocenters. The number of ether oxygens (including phenoxy) is 2. The van der Waals surface area contributed by atoms with Crippen molar-refractivity contribution in [1.82, 2.24) is 4.90 Å². The molecule has 0 amide bonds. The maximum absolute atomic E-state index is 5.78. The first-order valence-electron chi connectivity index (χ1n) is 6.83. The Hall–Kier alpha value is -1.26. The molecule has 4 heteroatoms. The smallest absolute Gasteiger partial charge is 0.123 e. The molecule has 4 nitrogen and oxygen atoms in total. The second-order valence-electron chi connectivity index (χ2n) is 5.29. The van der Waals surface area contributed by atoms with Gasteiger partial charge in [-0.1, -0.05) is 0 Å². The predicted molar refractivity (Wildman–Crippen MR) is 76.6 cm³/mol. The van der Waals surface area contributed by atoms with E-state index in [1.165, 1.54) is 12.0 Å². The van der Waals surface area contributed by atoms with Gasteiger partial charge in [0.25, 0.3) is 0 Å². The van der Waals surface area contributed by atoms with E-state index in [0.717, 1.165) is 31.1 Å². The average Bonchev–Trinajstić information content (AvgIpc) is 2.79. The topological polar surface area (TPSA) is 47.7 Å². The number of hydrogen-bond acceptors (Lipinski definition) is 4. The third kappa shape index (κ3) is 3.19. The fraction of sp³-hybridized carbons (Fsp3) is 0.600. The third-order valence-electron chi connectivity index (χ3n) is 3.98. The molecule has 1 saturated heterocycles. The van der Waals surface area contributed by atoms with Gasteiger partial charge in [0.05, 0.1) is 14.2 Å². The summed E-state index contributed by atoms with van der Waals surface area (Å²) in [6.07, 6.45) is 1.18. The van der Waals surface area contributed by atoms with E-state index in [1.807, 2.05) is 12.1 Å². The minimum atomic E-state index is 0.574. The molecular formula is C15H24N2O2. The molecule has 1 aromatic carbocycles. The normalized spacial score (nSPS) is 23.6. The lowest BCUT2D eigenvalue weighted by molar-refractivity contribution is 0.251. The summed E-state index contributed by atoms with van der Waals surface area (Å²) in [5, 5.41) is 0. The van der Waals surface area contributed by atoms with E-state index in [1.54, 1.807) is 14.2 Å². The highest BCUT2D eigenvalue weighted by Gasteiger charge is 2.28. The lowest BCUT2D eigenvalue weighted by atomic mass is 10.1. The van der Waals surface area contributed by atoms with Crippen LogP contribution in [0.3, 0.4) is 0 Å². The molecule has 1 fully saturated rings. The van der Waals surface area contributed by atoms with Crippen LogP contribution in [0.25, 0.3) is 0 Å². The summed E-state index contributed by atoms with van der Waals surface area (Å²) in [5.74, 6) is 2.41. The number of methoxy groups -OCH3 is 2. The van der Waals surface area contributed by atoms with E-state index >= 15 is 0 Å². The van der Waals surface area contributed by atoms with Crippen LogP contribution in [0, 0.1) is 5.92 Å². The van der Waals surface area contributed by atoms with Crippen molar-refractivity contribution < 1.29 is 9.47 Å². The van der Waals surface area contributed by atoms with Crippen LogP contribution in [0.5, 0.6) is 11.5 Å². The quantitative estimate of drug-likeness (QED) is 0.882. The van der Waals surface area contributed by atoms with Crippen molar-refractivity contribution in [3.8, 4) is 11.5 Å². The van der Waals surface area contributed by atoms with Crippen LogP contribution in [0.1, 0.15) is 18.9 Å². The third-order valence-corrected chi connectivity index (χ3v) is 3.98. The van der Waals surface area contributed by atoms with Crippen molar-refractivity contribution >= 4 is 0 Å².